The Kier molecular flexibility index (Phi) is 3.07. The molecule has 0 N–H and O–H groups in total. The molecule has 1 nitrogen and oxygen atoms in total. The van der Waals surface area contributed by atoms with Crippen LogP contribution >= 0.6 is 0 Å². The molecule has 1 aliphatic heterocycles. The van der Waals surface area contributed by atoms with E-state index < -0.39 is 8.07 Å². The smallest absolute Gasteiger partial charge is 0.117 e. The molecule has 3 heteroatoms. The molecule has 2 rings (SSSR count). The third kappa shape index (κ3) is 1.98. The summed E-state index contributed by atoms with van der Waals surface area (Å²) in [5.41, 5.74) is 2.13. The van der Waals surface area contributed by atoms with Crippen LogP contribution in [0.3, 0.4) is 0 Å². The molecule has 0 aromatic heterocycles. The van der Waals surface area contributed by atoms with Crippen molar-refractivity contribution in [2.75, 3.05) is 0 Å². The largest absolute Gasteiger partial charge is 0.570 e. The van der Waals surface area contributed by atoms with E-state index in [2.05, 4.69) is 70.7 Å². The number of hydrogen-bond donors (Lipinski definition) is 0. The Labute approximate surface area is 114 Å². The maximum atomic E-state index is 6.80. The van der Waals surface area contributed by atoms with E-state index in [1.165, 1.54) is 5.56 Å². The highest BCUT2D eigenvalue weighted by Gasteiger charge is 2.64. The molecule has 3 radical (unpaired) electrons. The van der Waals surface area contributed by atoms with Crippen LogP contribution < -0.4 is 0 Å². The minimum Gasteiger partial charge on any atom is -0.570 e. The zero-order valence-corrected chi connectivity index (χ0v) is 13.6. The van der Waals surface area contributed by atoms with Crippen LogP contribution in [0.5, 0.6) is 0 Å². The lowest BCUT2D eigenvalue weighted by Gasteiger charge is -2.47. The number of benzene rings is 1. The lowest BCUT2D eigenvalue weighted by molar-refractivity contribution is -0.758. The Bertz CT molecular complexity index is 432. The molecule has 1 fully saturated rings. The maximum Gasteiger partial charge on any atom is 0.117 e. The molecule has 1 aromatic carbocycles. The first-order valence-corrected chi connectivity index (χ1v) is 10.4. The molecule has 18 heavy (non-hydrogen) atoms. The van der Waals surface area contributed by atoms with Gasteiger partial charge in [0.15, 0.2) is 0 Å². The van der Waals surface area contributed by atoms with E-state index in [0.717, 1.165) is 0 Å². The van der Waals surface area contributed by atoms with Gasteiger partial charge >= 0.3 is 0 Å². The quantitative estimate of drug-likeness (QED) is 0.560. The topological polar surface area (TPSA) is 0 Å². The van der Waals surface area contributed by atoms with Crippen molar-refractivity contribution < 1.29 is 4.39 Å². The van der Waals surface area contributed by atoms with E-state index >= 15 is 0 Å². The second kappa shape index (κ2) is 3.98. The SMILES string of the molecule is [B-][N@+]1(C(C)(C)C)C([Si](C)(C)C)[C@@H]1c1ccccc1. The van der Waals surface area contributed by atoms with Gasteiger partial charge in [0, 0.05) is 11.1 Å². The van der Waals surface area contributed by atoms with E-state index in [1.54, 1.807) is 0 Å². The molecule has 3 atom stereocenters. The Hall–Kier alpha value is -0.538. The minimum absolute atomic E-state index is 0.103. The minimum atomic E-state index is -1.27. The van der Waals surface area contributed by atoms with Crippen LogP contribution in [-0.4, -0.2) is 31.7 Å². The zero-order valence-electron chi connectivity index (χ0n) is 12.6. The summed E-state index contributed by atoms with van der Waals surface area (Å²) in [6, 6.07) is 11.3. The van der Waals surface area contributed by atoms with Gasteiger partial charge in [0.1, 0.15) is 14.1 Å². The van der Waals surface area contributed by atoms with Crippen molar-refractivity contribution in [2.24, 2.45) is 0 Å². The molecule has 0 amide bonds. The van der Waals surface area contributed by atoms with Crippen LogP contribution in [0.25, 0.3) is 0 Å². The monoisotopic (exact) mass is 258 g/mol. The Morgan fingerprint density at radius 2 is 1.56 bits per heavy atom. The molecular formula is C15H25BNSi. The fourth-order valence-corrected chi connectivity index (χ4v) is 6.51. The maximum absolute atomic E-state index is 6.80. The molecule has 1 saturated heterocycles. The lowest BCUT2D eigenvalue weighted by atomic mass is 10.00. The van der Waals surface area contributed by atoms with Crippen molar-refractivity contribution in [3.8, 4) is 0 Å². The Balaban J connectivity index is 2.42. The predicted octanol–water partition coefficient (Wildman–Crippen LogP) is 3.69. The van der Waals surface area contributed by atoms with Crippen LogP contribution in [0.15, 0.2) is 30.3 Å². The van der Waals surface area contributed by atoms with E-state index in [9.17, 15) is 0 Å². The van der Waals surface area contributed by atoms with Gasteiger partial charge in [0.05, 0.1) is 5.67 Å². The molecular weight excluding hydrogens is 233 g/mol. The summed E-state index contributed by atoms with van der Waals surface area (Å²) in [7, 11) is 5.54. The lowest BCUT2D eigenvalue weighted by Crippen LogP contribution is -2.49. The van der Waals surface area contributed by atoms with Crippen LogP contribution in [0.2, 0.25) is 19.6 Å². The van der Waals surface area contributed by atoms with Gasteiger partial charge in [-0.15, -0.1) is 0 Å². The molecule has 0 spiro atoms. The van der Waals surface area contributed by atoms with Crippen molar-refractivity contribution in [1.82, 2.24) is 0 Å². The van der Waals surface area contributed by atoms with Gasteiger partial charge in [-0.3, -0.25) is 0 Å². The normalized spacial score (nSPS) is 32.4. The van der Waals surface area contributed by atoms with Crippen LogP contribution in [-0.2, 0) is 0 Å². The van der Waals surface area contributed by atoms with Gasteiger partial charge in [0.25, 0.3) is 0 Å². The number of nitrogens with zero attached hydrogens (tertiary/aromatic N) is 1. The van der Waals surface area contributed by atoms with E-state index in [4.69, 9.17) is 7.98 Å². The molecule has 0 saturated carbocycles. The van der Waals surface area contributed by atoms with Gasteiger partial charge in [-0.05, 0) is 20.8 Å². The van der Waals surface area contributed by atoms with E-state index in [-0.39, 0.29) is 5.54 Å². The summed E-state index contributed by atoms with van der Waals surface area (Å²) < 4.78 is 0.715. The fraction of sp³-hybridized carbons (Fsp3) is 0.600. The number of quaternary nitrogens is 1. The highest BCUT2D eigenvalue weighted by atomic mass is 28.3. The standard InChI is InChI=1S/C15H25BNSi/c1-15(2,3)17(16)13(14(17)18(4,5)6)12-10-8-7-9-11-12/h7-11,13-14H,1-6H3/t13-,14?,17-/m0/s1. The average molecular weight is 258 g/mol. The first kappa shape index (κ1) is 13.9. The summed E-state index contributed by atoms with van der Waals surface area (Å²) in [4.78, 5) is 0. The van der Waals surface area contributed by atoms with Gasteiger partial charge in [-0.1, -0.05) is 50.0 Å². The van der Waals surface area contributed by atoms with E-state index in [1.807, 2.05) is 0 Å². The molecule has 1 aromatic rings. The van der Waals surface area contributed by atoms with Crippen molar-refractivity contribution in [3.63, 3.8) is 0 Å². The van der Waals surface area contributed by atoms with Crippen LogP contribution in [0.4, 0.5) is 0 Å². The second-order valence-electron chi connectivity index (χ2n) is 7.67. The first-order chi connectivity index (χ1) is 8.10. The number of rotatable bonds is 2. The average Bonchev–Trinajstić information content (AvgIpc) is 2.87. The summed E-state index contributed by atoms with van der Waals surface area (Å²) in [6.45, 7) is 14.1. The predicted molar refractivity (Wildman–Crippen MR) is 82.1 cm³/mol. The summed E-state index contributed by atoms with van der Waals surface area (Å²) >= 11 is 0. The van der Waals surface area contributed by atoms with Crippen molar-refractivity contribution in [2.45, 2.75) is 57.7 Å². The highest BCUT2D eigenvalue weighted by Crippen LogP contribution is 2.58. The second-order valence-corrected chi connectivity index (χ2v) is 13.0. The van der Waals surface area contributed by atoms with Crippen molar-refractivity contribution in [1.29, 1.82) is 0 Å². The van der Waals surface area contributed by atoms with Gasteiger partial charge in [0.2, 0.25) is 0 Å². The van der Waals surface area contributed by atoms with Crippen molar-refractivity contribution >= 4 is 16.1 Å². The molecule has 0 aliphatic carbocycles. The first-order valence-electron chi connectivity index (χ1n) is 6.82. The van der Waals surface area contributed by atoms with Gasteiger partial charge in [-0.25, -0.2) is 7.98 Å². The summed E-state index contributed by atoms with van der Waals surface area (Å²) in [5, 5.41) is 0. The van der Waals surface area contributed by atoms with Crippen LogP contribution in [0.1, 0.15) is 32.4 Å². The Morgan fingerprint density at radius 3 is 1.89 bits per heavy atom. The molecule has 0 bridgehead atoms. The van der Waals surface area contributed by atoms with Gasteiger partial charge in [-0.2, -0.15) is 0 Å². The zero-order chi connectivity index (χ0) is 13.8. The molecule has 1 unspecified atom stereocenters. The van der Waals surface area contributed by atoms with Gasteiger partial charge < -0.3 is 4.39 Å². The third-order valence-electron chi connectivity index (χ3n) is 4.32. The number of hydrogen-bond acceptors (Lipinski definition) is 0. The third-order valence-corrected chi connectivity index (χ3v) is 6.84. The van der Waals surface area contributed by atoms with E-state index in [0.29, 0.717) is 16.1 Å². The summed E-state index contributed by atoms with van der Waals surface area (Å²) in [5.74, 6) is 0. The van der Waals surface area contributed by atoms with Crippen LogP contribution in [0, 0.1) is 0 Å². The Morgan fingerprint density at radius 1 is 1.06 bits per heavy atom. The molecule has 1 aliphatic rings. The molecule has 97 valence electrons. The fourth-order valence-electron chi connectivity index (χ4n) is 3.38. The highest BCUT2D eigenvalue weighted by molar-refractivity contribution is 6.78. The molecule has 1 heterocycles. The summed E-state index contributed by atoms with van der Waals surface area (Å²) in [6.07, 6.45) is 0. The van der Waals surface area contributed by atoms with Crippen molar-refractivity contribution in [3.05, 3.63) is 35.9 Å².